The number of aromatic nitrogens is 1. The van der Waals surface area contributed by atoms with E-state index >= 15 is 0 Å². The largest absolute Gasteiger partial charge is 0.385 e. The van der Waals surface area contributed by atoms with Crippen LogP contribution in [-0.2, 0) is 0 Å². The third-order valence-electron chi connectivity index (χ3n) is 1.46. The molecule has 3 N–H and O–H groups in total. The van der Waals surface area contributed by atoms with Gasteiger partial charge in [0.25, 0.3) is 0 Å². The number of nitrogens with zero attached hydrogens (tertiary/aromatic N) is 1. The van der Waals surface area contributed by atoms with Gasteiger partial charge in [0.2, 0.25) is 0 Å². The molecule has 12 heavy (non-hydrogen) atoms. The van der Waals surface area contributed by atoms with E-state index < -0.39 is 16.2 Å². The van der Waals surface area contributed by atoms with E-state index in [2.05, 4.69) is 4.98 Å². The van der Waals surface area contributed by atoms with Crippen molar-refractivity contribution < 1.29 is 4.92 Å². The Labute approximate surface area is 67.2 Å². The minimum Gasteiger partial charge on any atom is -0.385 e. The first-order valence-electron chi connectivity index (χ1n) is 3.16. The summed E-state index contributed by atoms with van der Waals surface area (Å²) in [5.74, 6) is 0.158. The van der Waals surface area contributed by atoms with Crippen LogP contribution in [0.1, 0.15) is 5.56 Å². The molecule has 0 bridgehead atoms. The lowest BCUT2D eigenvalue weighted by molar-refractivity contribution is -0.386. The van der Waals surface area contributed by atoms with Crippen molar-refractivity contribution in [2.75, 3.05) is 5.73 Å². The molecule has 6 nitrogen and oxygen atoms in total. The molecule has 1 aromatic rings. The lowest BCUT2D eigenvalue weighted by Crippen LogP contribution is -2.14. The third-order valence-corrected chi connectivity index (χ3v) is 1.46. The van der Waals surface area contributed by atoms with Gasteiger partial charge in [-0.25, -0.2) is 0 Å². The molecule has 64 valence electrons. The first kappa shape index (κ1) is 8.25. The number of anilines is 1. The van der Waals surface area contributed by atoms with Crippen LogP contribution >= 0.6 is 0 Å². The molecule has 0 amide bonds. The van der Waals surface area contributed by atoms with Gasteiger partial charge >= 0.3 is 11.2 Å². The molecular formula is C6H7N3O3. The molecule has 0 aromatic carbocycles. The molecule has 0 saturated carbocycles. The van der Waals surface area contributed by atoms with Crippen molar-refractivity contribution in [3.63, 3.8) is 0 Å². The van der Waals surface area contributed by atoms with Gasteiger partial charge in [-0.1, -0.05) is 0 Å². The number of hydrogen-bond acceptors (Lipinski definition) is 4. The lowest BCUT2D eigenvalue weighted by atomic mass is 10.3. The monoisotopic (exact) mass is 169 g/mol. The summed E-state index contributed by atoms with van der Waals surface area (Å²) in [5, 5.41) is 10.2. The Hall–Kier alpha value is -1.85. The van der Waals surface area contributed by atoms with Gasteiger partial charge in [0, 0.05) is 6.07 Å². The second-order valence-electron chi connectivity index (χ2n) is 2.34. The van der Waals surface area contributed by atoms with Crippen molar-refractivity contribution in [2.45, 2.75) is 6.92 Å². The van der Waals surface area contributed by atoms with E-state index in [4.69, 9.17) is 5.73 Å². The highest BCUT2D eigenvalue weighted by molar-refractivity contribution is 5.44. The Bertz CT molecular complexity index is 382. The molecule has 0 aliphatic heterocycles. The number of H-pyrrole nitrogens is 1. The van der Waals surface area contributed by atoms with Crippen molar-refractivity contribution in [3.8, 4) is 0 Å². The zero-order valence-corrected chi connectivity index (χ0v) is 6.33. The Morgan fingerprint density at radius 3 is 2.75 bits per heavy atom. The maximum atomic E-state index is 10.9. The highest BCUT2D eigenvalue weighted by Crippen LogP contribution is 2.10. The summed E-state index contributed by atoms with van der Waals surface area (Å²) in [4.78, 5) is 22.5. The van der Waals surface area contributed by atoms with Crippen molar-refractivity contribution >= 4 is 11.5 Å². The van der Waals surface area contributed by atoms with Gasteiger partial charge in [-0.2, -0.15) is 0 Å². The van der Waals surface area contributed by atoms with E-state index in [0.29, 0.717) is 5.56 Å². The van der Waals surface area contributed by atoms with Gasteiger partial charge in [-0.05, 0) is 12.5 Å². The number of nitro groups is 1. The predicted octanol–water partition coefficient (Wildman–Crippen LogP) is 0.174. The van der Waals surface area contributed by atoms with Crippen molar-refractivity contribution in [1.82, 2.24) is 4.98 Å². The van der Waals surface area contributed by atoms with E-state index in [1.165, 1.54) is 0 Å². The summed E-state index contributed by atoms with van der Waals surface area (Å²) >= 11 is 0. The van der Waals surface area contributed by atoms with Crippen molar-refractivity contribution in [1.29, 1.82) is 0 Å². The number of hydrogen-bond donors (Lipinski definition) is 2. The van der Waals surface area contributed by atoms with Crippen LogP contribution in [-0.4, -0.2) is 9.91 Å². The number of rotatable bonds is 1. The summed E-state index contributed by atoms with van der Waals surface area (Å²) < 4.78 is 0. The van der Waals surface area contributed by atoms with Crippen LogP contribution in [0, 0.1) is 17.0 Å². The molecule has 0 aliphatic carbocycles. The maximum Gasteiger partial charge on any atom is 0.334 e. The van der Waals surface area contributed by atoms with Gasteiger partial charge in [0.05, 0.1) is 4.92 Å². The maximum absolute atomic E-state index is 10.9. The fraction of sp³-hybridized carbons (Fsp3) is 0.167. The van der Waals surface area contributed by atoms with Crippen LogP contribution in [0.25, 0.3) is 0 Å². The fourth-order valence-corrected chi connectivity index (χ4v) is 0.769. The first-order valence-corrected chi connectivity index (χ1v) is 3.16. The number of aryl methyl sites for hydroxylation is 1. The summed E-state index contributed by atoms with van der Waals surface area (Å²) in [7, 11) is 0. The number of nitrogens with one attached hydrogen (secondary N) is 1. The first-order chi connectivity index (χ1) is 5.52. The smallest absolute Gasteiger partial charge is 0.334 e. The summed E-state index contributed by atoms with van der Waals surface area (Å²) in [5.41, 5.74) is 4.54. The third kappa shape index (κ3) is 1.26. The van der Waals surface area contributed by atoms with Crippen LogP contribution in [0.15, 0.2) is 10.9 Å². The van der Waals surface area contributed by atoms with Gasteiger partial charge in [0.15, 0.2) is 0 Å². The minimum absolute atomic E-state index is 0.158. The van der Waals surface area contributed by atoms with E-state index in [1.807, 2.05) is 0 Å². The topological polar surface area (TPSA) is 102 Å². The van der Waals surface area contributed by atoms with Crippen LogP contribution in [0.3, 0.4) is 0 Å². The van der Waals surface area contributed by atoms with Gasteiger partial charge < -0.3 is 10.7 Å². The second kappa shape index (κ2) is 2.65. The van der Waals surface area contributed by atoms with Gasteiger partial charge in [-0.15, -0.1) is 0 Å². The average Bonchev–Trinajstić information content (AvgIpc) is 1.96. The Morgan fingerprint density at radius 1 is 1.67 bits per heavy atom. The number of pyridine rings is 1. The molecule has 0 unspecified atom stereocenters. The molecular weight excluding hydrogens is 162 g/mol. The summed E-state index contributed by atoms with van der Waals surface area (Å²) in [6.45, 7) is 1.58. The molecule has 0 atom stereocenters. The zero-order valence-electron chi connectivity index (χ0n) is 6.33. The standard InChI is InChI=1S/C6H7N3O3/c1-3-2-4(9(11)12)6(10)8-5(3)7/h2H,1H3,(H3,7,8,10). The lowest BCUT2D eigenvalue weighted by Gasteiger charge is -1.97. The van der Waals surface area contributed by atoms with Crippen molar-refractivity contribution in [2.24, 2.45) is 0 Å². The number of nitrogens with two attached hydrogens (primary N) is 1. The zero-order chi connectivity index (χ0) is 9.30. The van der Waals surface area contributed by atoms with Crippen LogP contribution < -0.4 is 11.3 Å². The Balaban J connectivity index is 3.43. The average molecular weight is 169 g/mol. The molecule has 0 spiro atoms. The van der Waals surface area contributed by atoms with Crippen LogP contribution in [0.2, 0.25) is 0 Å². The van der Waals surface area contributed by atoms with E-state index in [9.17, 15) is 14.9 Å². The van der Waals surface area contributed by atoms with Crippen LogP contribution in [0.4, 0.5) is 11.5 Å². The summed E-state index contributed by atoms with van der Waals surface area (Å²) in [6, 6.07) is 1.15. The molecule has 0 fully saturated rings. The highest BCUT2D eigenvalue weighted by atomic mass is 16.6. The normalized spacial score (nSPS) is 9.75. The molecule has 0 radical (unpaired) electrons. The molecule has 0 saturated heterocycles. The summed E-state index contributed by atoms with van der Waals surface area (Å²) in [6.07, 6.45) is 0. The molecule has 1 aromatic heterocycles. The quantitative estimate of drug-likeness (QED) is 0.462. The molecule has 6 heteroatoms. The SMILES string of the molecule is Cc1cc([N+](=O)[O-])c(=O)[nH]c1N. The molecule has 1 rings (SSSR count). The number of aromatic amines is 1. The Morgan fingerprint density at radius 2 is 2.25 bits per heavy atom. The van der Waals surface area contributed by atoms with E-state index in [1.54, 1.807) is 6.92 Å². The van der Waals surface area contributed by atoms with E-state index in [-0.39, 0.29) is 5.82 Å². The molecule has 1 heterocycles. The van der Waals surface area contributed by atoms with Crippen molar-refractivity contribution in [3.05, 3.63) is 32.1 Å². The Kier molecular flexibility index (Phi) is 1.82. The minimum atomic E-state index is -0.775. The second-order valence-corrected chi connectivity index (χ2v) is 2.34. The van der Waals surface area contributed by atoms with E-state index in [0.717, 1.165) is 6.07 Å². The van der Waals surface area contributed by atoms with Gasteiger partial charge in [0.1, 0.15) is 5.82 Å². The highest BCUT2D eigenvalue weighted by Gasteiger charge is 2.12. The molecule has 0 aliphatic rings. The predicted molar refractivity (Wildman–Crippen MR) is 42.9 cm³/mol. The fourth-order valence-electron chi connectivity index (χ4n) is 0.769. The van der Waals surface area contributed by atoms with Gasteiger partial charge in [-0.3, -0.25) is 14.9 Å². The number of nitrogen functional groups attached to an aromatic ring is 1. The van der Waals surface area contributed by atoms with Crippen LogP contribution in [0.5, 0.6) is 0 Å².